The highest BCUT2D eigenvalue weighted by Crippen LogP contribution is 2.29. The third kappa shape index (κ3) is 3.33. The standard InChI is InChI=1S/C16H12F3N3O/c17-16(18,19)12-6-7-14-21-13(10-22(14)9-12)8-20-15(23)11-4-2-1-3-5-11/h1-7,9-10H,8H2,(H,20,23). The molecule has 4 nitrogen and oxygen atoms in total. The zero-order chi connectivity index (χ0) is 16.4. The maximum Gasteiger partial charge on any atom is 0.417 e. The molecule has 7 heteroatoms. The highest BCUT2D eigenvalue weighted by atomic mass is 19.4. The van der Waals surface area contributed by atoms with E-state index in [0.717, 1.165) is 12.3 Å². The first-order chi connectivity index (χ1) is 10.9. The van der Waals surface area contributed by atoms with Gasteiger partial charge in [-0.1, -0.05) is 18.2 Å². The molecule has 0 spiro atoms. The van der Waals surface area contributed by atoms with Crippen molar-refractivity contribution in [1.29, 1.82) is 0 Å². The van der Waals surface area contributed by atoms with E-state index < -0.39 is 11.7 Å². The Bertz CT molecular complexity index is 841. The van der Waals surface area contributed by atoms with Crippen molar-refractivity contribution in [2.75, 3.05) is 0 Å². The van der Waals surface area contributed by atoms with Crippen LogP contribution in [0.2, 0.25) is 0 Å². The molecule has 1 amide bonds. The largest absolute Gasteiger partial charge is 0.417 e. The van der Waals surface area contributed by atoms with Crippen molar-refractivity contribution in [3.63, 3.8) is 0 Å². The van der Waals surface area contributed by atoms with Gasteiger partial charge in [0.1, 0.15) is 5.65 Å². The minimum atomic E-state index is -4.40. The average molecular weight is 319 g/mol. The van der Waals surface area contributed by atoms with Gasteiger partial charge >= 0.3 is 6.18 Å². The van der Waals surface area contributed by atoms with E-state index in [1.54, 1.807) is 30.3 Å². The van der Waals surface area contributed by atoms with Gasteiger partial charge in [-0.3, -0.25) is 4.79 Å². The van der Waals surface area contributed by atoms with Gasteiger partial charge in [-0.2, -0.15) is 13.2 Å². The molecule has 0 saturated carbocycles. The lowest BCUT2D eigenvalue weighted by molar-refractivity contribution is -0.137. The molecular formula is C16H12F3N3O. The van der Waals surface area contributed by atoms with E-state index in [4.69, 9.17) is 0 Å². The number of nitrogens with one attached hydrogen (secondary N) is 1. The number of imidazole rings is 1. The van der Waals surface area contributed by atoms with E-state index in [9.17, 15) is 18.0 Å². The molecule has 0 aliphatic rings. The Labute approximate surface area is 129 Å². The Hall–Kier alpha value is -2.83. The molecular weight excluding hydrogens is 307 g/mol. The minimum absolute atomic E-state index is 0.136. The summed E-state index contributed by atoms with van der Waals surface area (Å²) in [5, 5.41) is 2.68. The summed E-state index contributed by atoms with van der Waals surface area (Å²) in [4.78, 5) is 16.1. The number of alkyl halides is 3. The van der Waals surface area contributed by atoms with E-state index in [1.165, 1.54) is 16.7 Å². The van der Waals surface area contributed by atoms with Crippen molar-refractivity contribution in [2.24, 2.45) is 0 Å². The summed E-state index contributed by atoms with van der Waals surface area (Å²) < 4.78 is 39.3. The molecule has 0 aliphatic carbocycles. The van der Waals surface area contributed by atoms with Crippen LogP contribution in [0.4, 0.5) is 13.2 Å². The number of fused-ring (bicyclic) bond motifs is 1. The summed E-state index contributed by atoms with van der Waals surface area (Å²) in [5.41, 5.74) is 0.633. The van der Waals surface area contributed by atoms with Gasteiger partial charge in [0, 0.05) is 18.0 Å². The van der Waals surface area contributed by atoms with Crippen LogP contribution in [-0.2, 0) is 12.7 Å². The Balaban J connectivity index is 1.75. The Morgan fingerprint density at radius 1 is 1.09 bits per heavy atom. The van der Waals surface area contributed by atoms with Crippen LogP contribution in [0.3, 0.4) is 0 Å². The maximum absolute atomic E-state index is 12.7. The van der Waals surface area contributed by atoms with Gasteiger partial charge in [0.2, 0.25) is 0 Å². The summed E-state index contributed by atoms with van der Waals surface area (Å²) in [7, 11) is 0. The number of carbonyl (C=O) groups excluding carboxylic acids is 1. The third-order valence-electron chi connectivity index (χ3n) is 3.29. The Kier molecular flexibility index (Phi) is 3.77. The molecule has 1 aromatic carbocycles. The van der Waals surface area contributed by atoms with Crippen molar-refractivity contribution in [3.05, 3.63) is 71.7 Å². The monoisotopic (exact) mass is 319 g/mol. The van der Waals surface area contributed by atoms with Gasteiger partial charge in [-0.05, 0) is 24.3 Å². The molecule has 0 aliphatic heterocycles. The van der Waals surface area contributed by atoms with Crippen molar-refractivity contribution in [3.8, 4) is 0 Å². The van der Waals surface area contributed by atoms with Crippen molar-refractivity contribution in [1.82, 2.24) is 14.7 Å². The van der Waals surface area contributed by atoms with Crippen molar-refractivity contribution >= 4 is 11.6 Å². The molecule has 0 unspecified atom stereocenters. The van der Waals surface area contributed by atoms with Gasteiger partial charge in [-0.15, -0.1) is 0 Å². The fourth-order valence-electron chi connectivity index (χ4n) is 2.16. The van der Waals surface area contributed by atoms with E-state index in [2.05, 4.69) is 10.3 Å². The quantitative estimate of drug-likeness (QED) is 0.805. The first-order valence-corrected chi connectivity index (χ1v) is 6.81. The Morgan fingerprint density at radius 3 is 2.52 bits per heavy atom. The van der Waals surface area contributed by atoms with Gasteiger partial charge in [0.25, 0.3) is 5.91 Å². The van der Waals surface area contributed by atoms with Crippen LogP contribution < -0.4 is 5.32 Å². The second-order valence-electron chi connectivity index (χ2n) is 4.96. The van der Waals surface area contributed by atoms with Crippen LogP contribution in [0.15, 0.2) is 54.9 Å². The number of hydrogen-bond acceptors (Lipinski definition) is 2. The molecule has 118 valence electrons. The zero-order valence-corrected chi connectivity index (χ0v) is 11.8. The van der Waals surface area contributed by atoms with Crippen LogP contribution in [0, 0.1) is 0 Å². The smallest absolute Gasteiger partial charge is 0.346 e. The topological polar surface area (TPSA) is 46.4 Å². The van der Waals surface area contributed by atoms with Gasteiger partial charge < -0.3 is 9.72 Å². The number of benzene rings is 1. The summed E-state index contributed by atoms with van der Waals surface area (Å²) in [6.07, 6.45) is -1.96. The van der Waals surface area contributed by atoms with Crippen LogP contribution >= 0.6 is 0 Å². The predicted octanol–water partition coefficient (Wildman–Crippen LogP) is 3.28. The number of aromatic nitrogens is 2. The van der Waals surface area contributed by atoms with Gasteiger partial charge in [0.05, 0.1) is 17.8 Å². The van der Waals surface area contributed by atoms with Gasteiger partial charge in [-0.25, -0.2) is 4.98 Å². The lowest BCUT2D eigenvalue weighted by Gasteiger charge is -2.05. The van der Waals surface area contributed by atoms with E-state index in [0.29, 0.717) is 16.9 Å². The van der Waals surface area contributed by atoms with E-state index >= 15 is 0 Å². The van der Waals surface area contributed by atoms with Crippen LogP contribution in [-0.4, -0.2) is 15.3 Å². The number of rotatable bonds is 3. The lowest BCUT2D eigenvalue weighted by Crippen LogP contribution is -2.22. The molecule has 3 rings (SSSR count). The highest BCUT2D eigenvalue weighted by Gasteiger charge is 2.30. The first-order valence-electron chi connectivity index (χ1n) is 6.81. The number of pyridine rings is 1. The number of nitrogens with zero attached hydrogens (tertiary/aromatic N) is 2. The predicted molar refractivity (Wildman–Crippen MR) is 77.8 cm³/mol. The summed E-state index contributed by atoms with van der Waals surface area (Å²) in [6, 6.07) is 10.9. The molecule has 0 bridgehead atoms. The Morgan fingerprint density at radius 2 is 1.83 bits per heavy atom. The number of hydrogen-bond donors (Lipinski definition) is 1. The van der Waals surface area contributed by atoms with E-state index in [-0.39, 0.29) is 12.5 Å². The van der Waals surface area contributed by atoms with Crippen molar-refractivity contribution < 1.29 is 18.0 Å². The fourth-order valence-corrected chi connectivity index (χ4v) is 2.16. The van der Waals surface area contributed by atoms with Crippen LogP contribution in [0.1, 0.15) is 21.6 Å². The normalized spacial score (nSPS) is 11.6. The molecule has 1 N–H and O–H groups in total. The number of carbonyl (C=O) groups is 1. The first kappa shape index (κ1) is 15.1. The third-order valence-corrected chi connectivity index (χ3v) is 3.29. The minimum Gasteiger partial charge on any atom is -0.346 e. The van der Waals surface area contributed by atoms with Crippen LogP contribution in [0.25, 0.3) is 5.65 Å². The fraction of sp³-hybridized carbons (Fsp3) is 0.125. The summed E-state index contributed by atoms with van der Waals surface area (Å²) >= 11 is 0. The molecule has 3 aromatic rings. The molecule has 0 radical (unpaired) electrons. The van der Waals surface area contributed by atoms with Gasteiger partial charge in [0.15, 0.2) is 0 Å². The summed E-state index contributed by atoms with van der Waals surface area (Å²) in [6.45, 7) is 0.136. The van der Waals surface area contributed by atoms with E-state index in [1.807, 2.05) is 0 Å². The molecule has 0 fully saturated rings. The lowest BCUT2D eigenvalue weighted by atomic mass is 10.2. The zero-order valence-electron chi connectivity index (χ0n) is 11.8. The second kappa shape index (κ2) is 5.75. The SMILES string of the molecule is O=C(NCc1cn2cc(C(F)(F)F)ccc2n1)c1ccccc1. The number of amides is 1. The summed E-state index contributed by atoms with van der Waals surface area (Å²) in [5.74, 6) is -0.265. The number of halogens is 3. The molecule has 2 heterocycles. The second-order valence-corrected chi connectivity index (χ2v) is 4.96. The average Bonchev–Trinajstić information content (AvgIpc) is 2.94. The highest BCUT2D eigenvalue weighted by molar-refractivity contribution is 5.94. The molecule has 2 aromatic heterocycles. The molecule has 23 heavy (non-hydrogen) atoms. The molecule has 0 saturated heterocycles. The molecule has 0 atom stereocenters. The van der Waals surface area contributed by atoms with Crippen molar-refractivity contribution in [2.45, 2.75) is 12.7 Å². The van der Waals surface area contributed by atoms with Crippen LogP contribution in [0.5, 0.6) is 0 Å². The maximum atomic E-state index is 12.7.